The molecule has 2 aliphatic heterocycles. The Morgan fingerprint density at radius 1 is 0.927 bits per heavy atom. The molecule has 41 heavy (non-hydrogen) atoms. The Bertz CT molecular complexity index is 1420. The second-order valence-corrected chi connectivity index (χ2v) is 9.73. The highest BCUT2D eigenvalue weighted by Crippen LogP contribution is 2.32. The minimum Gasteiger partial charge on any atom is -0.508 e. The summed E-state index contributed by atoms with van der Waals surface area (Å²) in [6, 6.07) is 14.2. The highest BCUT2D eigenvalue weighted by molar-refractivity contribution is 5.93. The maximum absolute atomic E-state index is 13.6. The summed E-state index contributed by atoms with van der Waals surface area (Å²) in [7, 11) is 1.19. The van der Waals surface area contributed by atoms with Gasteiger partial charge in [0.15, 0.2) is 11.5 Å². The zero-order valence-corrected chi connectivity index (χ0v) is 22.5. The molecule has 0 saturated heterocycles. The first-order valence-electron chi connectivity index (χ1n) is 12.9. The number of hydrogen-bond donors (Lipinski definition) is 5. The molecule has 0 unspecified atom stereocenters. The zero-order valence-electron chi connectivity index (χ0n) is 22.5. The largest absolute Gasteiger partial charge is 0.508 e. The van der Waals surface area contributed by atoms with E-state index in [4.69, 9.17) is 9.47 Å². The Hall–Kier alpha value is -5.06. The number of rotatable bonds is 4. The maximum atomic E-state index is 13.6. The molecule has 11 heteroatoms. The van der Waals surface area contributed by atoms with Crippen molar-refractivity contribution < 1.29 is 38.9 Å². The van der Waals surface area contributed by atoms with Crippen LogP contribution in [0.25, 0.3) is 0 Å². The molecule has 4 bridgehead atoms. The van der Waals surface area contributed by atoms with Crippen molar-refractivity contribution >= 4 is 23.7 Å². The van der Waals surface area contributed by atoms with Crippen molar-refractivity contribution in [2.45, 2.75) is 44.3 Å². The van der Waals surface area contributed by atoms with Gasteiger partial charge in [-0.1, -0.05) is 30.3 Å². The van der Waals surface area contributed by atoms with Gasteiger partial charge >= 0.3 is 5.97 Å². The summed E-state index contributed by atoms with van der Waals surface area (Å²) in [4.78, 5) is 51.7. The van der Waals surface area contributed by atoms with Crippen molar-refractivity contribution in [3.63, 3.8) is 0 Å². The van der Waals surface area contributed by atoms with Crippen LogP contribution < -0.4 is 20.7 Å². The van der Waals surface area contributed by atoms with Crippen molar-refractivity contribution in [3.8, 4) is 23.0 Å². The molecule has 0 aromatic heterocycles. The monoisotopic (exact) mass is 561 g/mol. The number of methoxy groups -OCH3 is 1. The molecule has 3 aromatic rings. The first-order valence-corrected chi connectivity index (χ1v) is 12.9. The molecule has 11 nitrogen and oxygen atoms in total. The lowest BCUT2D eigenvalue weighted by Crippen LogP contribution is -2.57. The molecular weight excluding hydrogens is 530 g/mol. The summed E-state index contributed by atoms with van der Waals surface area (Å²) in [5.41, 5.74) is 1.91. The van der Waals surface area contributed by atoms with Gasteiger partial charge in [-0.15, -0.1) is 0 Å². The number of fused-ring (bicyclic) bond motifs is 10. The molecule has 3 atom stereocenters. The Balaban J connectivity index is 1.75. The maximum Gasteiger partial charge on any atom is 0.328 e. The Morgan fingerprint density at radius 3 is 2.27 bits per heavy atom. The molecule has 0 aliphatic carbocycles. The van der Waals surface area contributed by atoms with Crippen LogP contribution in [-0.2, 0) is 43.2 Å². The third-order valence-corrected chi connectivity index (χ3v) is 6.56. The molecule has 5 rings (SSSR count). The number of phenols is 2. The van der Waals surface area contributed by atoms with Gasteiger partial charge in [0.05, 0.1) is 7.11 Å². The molecule has 0 saturated carbocycles. The fourth-order valence-corrected chi connectivity index (χ4v) is 4.47. The highest BCUT2D eigenvalue weighted by Gasteiger charge is 2.30. The topological polar surface area (TPSA) is 163 Å². The summed E-state index contributed by atoms with van der Waals surface area (Å²) >= 11 is 0. The van der Waals surface area contributed by atoms with Crippen molar-refractivity contribution in [2.24, 2.45) is 0 Å². The van der Waals surface area contributed by atoms with Gasteiger partial charge in [-0.3, -0.25) is 14.4 Å². The van der Waals surface area contributed by atoms with E-state index >= 15 is 0 Å². The fourth-order valence-electron chi connectivity index (χ4n) is 4.47. The van der Waals surface area contributed by atoms with Crippen molar-refractivity contribution in [1.29, 1.82) is 0 Å². The van der Waals surface area contributed by atoms with E-state index in [0.29, 0.717) is 22.4 Å². The number of nitrogens with one attached hydrogen (secondary N) is 3. The first kappa shape index (κ1) is 28.9. The molecule has 0 radical (unpaired) electrons. The van der Waals surface area contributed by atoms with Gasteiger partial charge in [-0.25, -0.2) is 4.79 Å². The number of benzene rings is 3. The van der Waals surface area contributed by atoms with Gasteiger partial charge < -0.3 is 35.6 Å². The van der Waals surface area contributed by atoms with Gasteiger partial charge in [-0.05, 0) is 53.1 Å². The normalized spacial score (nSPS) is 19.2. The van der Waals surface area contributed by atoms with Crippen LogP contribution in [0.5, 0.6) is 23.0 Å². The second kappa shape index (κ2) is 12.9. The van der Waals surface area contributed by atoms with E-state index in [0.717, 1.165) is 0 Å². The number of esters is 1. The summed E-state index contributed by atoms with van der Waals surface area (Å²) < 4.78 is 10.8. The van der Waals surface area contributed by atoms with Crippen LogP contribution in [0.3, 0.4) is 0 Å². The minimum atomic E-state index is -1.15. The molecule has 3 aromatic carbocycles. The lowest BCUT2D eigenvalue weighted by Gasteiger charge is -2.25. The lowest BCUT2D eigenvalue weighted by molar-refractivity contribution is -0.145. The molecular formula is C30H31N3O8. The quantitative estimate of drug-likeness (QED) is 0.302. The summed E-state index contributed by atoms with van der Waals surface area (Å²) in [6.07, 6.45) is 0.150. The first-order chi connectivity index (χ1) is 19.6. The van der Waals surface area contributed by atoms with Crippen LogP contribution >= 0.6 is 0 Å². The van der Waals surface area contributed by atoms with Gasteiger partial charge in [0.2, 0.25) is 17.7 Å². The van der Waals surface area contributed by atoms with Gasteiger partial charge in [0.25, 0.3) is 0 Å². The van der Waals surface area contributed by atoms with Crippen molar-refractivity contribution in [3.05, 3.63) is 83.4 Å². The number of amides is 3. The standard InChI is InChI=1S/C30H31N3O8/c1-17(34)31-23-13-19-5-10-22(11-6-19)41-27-16-20(7-12-26(27)36)15-25(30(39)40-2)33-29(38)24(32-28(23)37)14-18-3-8-21(35)9-4-18/h3-12,16,23-25,35-36H,13-15H2,1-2H3,(H,31,34)(H,32,37)(H,33,38)/t23-,24-,25+/m0/s1. The molecule has 3 amide bonds. The van der Waals surface area contributed by atoms with E-state index in [1.54, 1.807) is 48.5 Å². The number of carbonyl (C=O) groups excluding carboxylic acids is 4. The highest BCUT2D eigenvalue weighted by atomic mass is 16.5. The Kier molecular flexibility index (Phi) is 9.08. The molecule has 0 spiro atoms. The lowest BCUT2D eigenvalue weighted by atomic mass is 10.0. The molecule has 0 fully saturated rings. The summed E-state index contributed by atoms with van der Waals surface area (Å²) in [5, 5.41) is 28.1. The summed E-state index contributed by atoms with van der Waals surface area (Å²) in [5.74, 6) is -1.93. The average molecular weight is 562 g/mol. The third kappa shape index (κ3) is 7.75. The van der Waals surface area contributed by atoms with Crippen LogP contribution in [0.1, 0.15) is 23.6 Å². The van der Waals surface area contributed by atoms with Crippen LogP contribution in [0.15, 0.2) is 66.7 Å². The molecule has 2 aliphatic rings. The molecule has 2 heterocycles. The number of carbonyl (C=O) groups is 4. The number of phenolic OH excluding ortho intramolecular Hbond substituents is 2. The van der Waals surface area contributed by atoms with Crippen LogP contribution in [-0.4, -0.2) is 59.1 Å². The van der Waals surface area contributed by atoms with Crippen molar-refractivity contribution in [1.82, 2.24) is 16.0 Å². The van der Waals surface area contributed by atoms with E-state index in [-0.39, 0.29) is 36.5 Å². The third-order valence-electron chi connectivity index (χ3n) is 6.56. The van der Waals surface area contributed by atoms with Gasteiger partial charge in [0.1, 0.15) is 29.6 Å². The smallest absolute Gasteiger partial charge is 0.328 e. The summed E-state index contributed by atoms with van der Waals surface area (Å²) in [6.45, 7) is 1.29. The molecule has 214 valence electrons. The molecule has 5 N–H and O–H groups in total. The minimum absolute atomic E-state index is 0.00237. The number of aromatic hydroxyl groups is 2. The van der Waals surface area contributed by atoms with E-state index < -0.39 is 41.8 Å². The van der Waals surface area contributed by atoms with Crippen molar-refractivity contribution in [2.75, 3.05) is 7.11 Å². The van der Waals surface area contributed by atoms with Crippen LogP contribution in [0.4, 0.5) is 0 Å². The van der Waals surface area contributed by atoms with E-state index in [1.165, 1.54) is 32.2 Å². The van der Waals surface area contributed by atoms with E-state index in [1.807, 2.05) is 0 Å². The Morgan fingerprint density at radius 2 is 1.61 bits per heavy atom. The van der Waals surface area contributed by atoms with E-state index in [9.17, 15) is 29.4 Å². The second-order valence-electron chi connectivity index (χ2n) is 9.73. The van der Waals surface area contributed by atoms with Crippen LogP contribution in [0, 0.1) is 0 Å². The number of ether oxygens (including phenoxy) is 2. The van der Waals surface area contributed by atoms with E-state index in [2.05, 4.69) is 16.0 Å². The average Bonchev–Trinajstić information content (AvgIpc) is 2.94. The zero-order chi connectivity index (χ0) is 29.5. The predicted molar refractivity (Wildman–Crippen MR) is 147 cm³/mol. The number of hydrogen-bond acceptors (Lipinski definition) is 8. The van der Waals surface area contributed by atoms with Crippen LogP contribution in [0.2, 0.25) is 0 Å². The van der Waals surface area contributed by atoms with Gasteiger partial charge in [-0.2, -0.15) is 0 Å². The fraction of sp³-hybridized carbons (Fsp3) is 0.267. The SMILES string of the molecule is COC(=O)[C@H]1Cc2ccc(O)c(c2)Oc2ccc(cc2)C[C@H](NC(C)=O)C(=O)N[C@@H](Cc2ccc(O)cc2)C(=O)N1. The predicted octanol–water partition coefficient (Wildman–Crippen LogP) is 1.88. The van der Waals surface area contributed by atoms with Gasteiger partial charge in [0, 0.05) is 26.2 Å². The Labute approximate surface area is 236 Å².